The Kier molecular flexibility index (Phi) is 10.4. The number of H-pyrrole nitrogens is 1. The number of nitrogens with zero attached hydrogens (tertiary/aromatic N) is 3. The lowest BCUT2D eigenvalue weighted by molar-refractivity contribution is -0.221. The number of ether oxygens (including phenoxy) is 1. The largest absolute Gasteiger partial charge is 0.756 e. The fourth-order valence-corrected chi connectivity index (χ4v) is 7.29. The Morgan fingerprint density at radius 1 is 1.34 bits per heavy atom. The first-order valence-electron chi connectivity index (χ1n) is 10.1. The van der Waals surface area contributed by atoms with E-state index in [1.54, 1.807) is 0 Å². The number of hydrogen-bond acceptors (Lipinski definition) is 15. The van der Waals surface area contributed by atoms with Crippen molar-refractivity contribution in [3.63, 3.8) is 0 Å². The number of rotatable bonds is 13. The lowest BCUT2D eigenvalue weighted by atomic mass is 10.2. The lowest BCUT2D eigenvalue weighted by Gasteiger charge is -2.26. The number of nitrogens with one attached hydrogen (secondary N) is 2. The molecule has 3 heterocycles. The molecule has 2 unspecified atom stereocenters. The molecule has 1 saturated heterocycles. The Morgan fingerprint density at radius 2 is 2.05 bits per heavy atom. The van der Waals surface area contributed by atoms with Gasteiger partial charge in [-0.2, -0.15) is 9.29 Å². The predicted octanol–water partition coefficient (Wildman–Crippen LogP) is -0.181. The molecule has 1 amide bonds. The monoisotopic (exact) mass is 640 g/mol. The summed E-state index contributed by atoms with van der Waals surface area (Å²) >= 11 is 0. The first-order chi connectivity index (χ1) is 17.6. The zero-order chi connectivity index (χ0) is 28.3. The second-order valence-electron chi connectivity index (χ2n) is 7.32. The van der Waals surface area contributed by atoms with E-state index in [2.05, 4.69) is 33.4 Å². The molecule has 19 nitrogen and oxygen atoms in total. The predicted molar refractivity (Wildman–Crippen MR) is 130 cm³/mol. The summed E-state index contributed by atoms with van der Waals surface area (Å²) in [5.41, 5.74) is -0.800. The molecular formula is C14H21N5O14P3S2-. The molecule has 0 saturated carbocycles. The third-order valence-electron chi connectivity index (χ3n) is 4.54. The highest BCUT2D eigenvalue weighted by Crippen LogP contribution is 2.65. The van der Waals surface area contributed by atoms with Crippen molar-refractivity contribution in [3.8, 4) is 0 Å². The summed E-state index contributed by atoms with van der Waals surface area (Å²) in [6.45, 7) is -0.940. The van der Waals surface area contributed by atoms with E-state index in [4.69, 9.17) is 19.4 Å². The molecule has 0 aromatic carbocycles. The average Bonchev–Trinajstić information content (AvgIpc) is 3.33. The van der Waals surface area contributed by atoms with E-state index in [0.29, 0.717) is 5.75 Å². The van der Waals surface area contributed by atoms with Gasteiger partial charge < -0.3 is 33.9 Å². The maximum Gasteiger partial charge on any atom is 0.487 e. The van der Waals surface area contributed by atoms with Crippen LogP contribution in [0, 0.1) is 0 Å². The maximum atomic E-state index is 12.4. The van der Waals surface area contributed by atoms with Gasteiger partial charge in [-0.3, -0.25) is 29.0 Å². The Labute approximate surface area is 220 Å². The highest BCUT2D eigenvalue weighted by Gasteiger charge is 2.39. The van der Waals surface area contributed by atoms with Crippen molar-refractivity contribution in [2.75, 3.05) is 23.9 Å². The summed E-state index contributed by atoms with van der Waals surface area (Å²) in [5.74, 6) is -0.0206. The van der Waals surface area contributed by atoms with Gasteiger partial charge in [0.25, 0.3) is 13.4 Å². The van der Waals surface area contributed by atoms with Crippen molar-refractivity contribution in [2.24, 2.45) is 0 Å². The second kappa shape index (κ2) is 12.6. The number of carbonyl (C=O) groups excluding carboxylic acids is 1. The van der Waals surface area contributed by atoms with Gasteiger partial charge in [0, 0.05) is 18.6 Å². The van der Waals surface area contributed by atoms with Crippen LogP contribution in [-0.4, -0.2) is 76.0 Å². The van der Waals surface area contributed by atoms with Crippen LogP contribution < -0.4 is 15.8 Å². The number of aliphatic hydroxyl groups is 1. The van der Waals surface area contributed by atoms with Crippen LogP contribution in [0.2, 0.25) is 0 Å². The van der Waals surface area contributed by atoms with Crippen LogP contribution in [0.1, 0.15) is 19.1 Å². The van der Waals surface area contributed by atoms with E-state index in [1.165, 1.54) is 32.5 Å². The minimum atomic E-state index is -5.77. The van der Waals surface area contributed by atoms with Crippen LogP contribution in [0.25, 0.3) is 11.2 Å². The zero-order valence-electron chi connectivity index (χ0n) is 19.0. The summed E-state index contributed by atoms with van der Waals surface area (Å²) in [5, 5.41) is 12.8. The van der Waals surface area contributed by atoms with E-state index in [1.807, 2.05) is 6.26 Å². The molecule has 6 N–H and O–H groups in total. The minimum Gasteiger partial charge on any atom is -0.756 e. The van der Waals surface area contributed by atoms with Crippen molar-refractivity contribution in [1.29, 1.82) is 0 Å². The van der Waals surface area contributed by atoms with Crippen LogP contribution in [-0.2, 0) is 36.4 Å². The quantitative estimate of drug-likeness (QED) is 0.0940. The van der Waals surface area contributed by atoms with E-state index in [0.717, 1.165) is 0 Å². The number of phosphoric acid groups is 3. The Hall–Kier alpha value is -1.15. The average molecular weight is 640 g/mol. The van der Waals surface area contributed by atoms with Gasteiger partial charge in [0.05, 0.1) is 19.0 Å². The van der Waals surface area contributed by atoms with E-state index < -0.39 is 60.0 Å². The number of amides is 1. The molecule has 0 radical (unpaired) electrons. The fraction of sp³-hybridized carbons (Fsp3) is 0.571. The number of fused-ring (bicyclic) bond motifs is 1. The molecule has 0 aliphatic carbocycles. The molecule has 1 fully saturated rings. The van der Waals surface area contributed by atoms with Gasteiger partial charge in [-0.15, -0.1) is 0 Å². The highest BCUT2D eigenvalue weighted by atomic mass is 33.1. The SMILES string of the molecule is CSSCCC(=O)Nc1nc2c(ncn2[C@H]2C[C@@H](O)[C@@H](COP(=O)([O-])OP(=O)(O)OP(=O)(O)O)O2)c(=O)[nH]1. The van der Waals surface area contributed by atoms with E-state index in [-0.39, 0.29) is 30.0 Å². The minimum absolute atomic E-state index is 0.0186. The van der Waals surface area contributed by atoms with Crippen molar-refractivity contribution < 1.29 is 61.1 Å². The normalized spacial score (nSPS) is 23.3. The number of anilines is 1. The topological polar surface area (TPSA) is 285 Å². The first kappa shape index (κ1) is 31.4. The van der Waals surface area contributed by atoms with Crippen LogP contribution in [0.3, 0.4) is 0 Å². The number of imidazole rings is 1. The van der Waals surface area contributed by atoms with Crippen LogP contribution in [0.4, 0.5) is 5.95 Å². The van der Waals surface area contributed by atoms with Gasteiger partial charge in [0.2, 0.25) is 11.9 Å². The molecule has 5 atom stereocenters. The van der Waals surface area contributed by atoms with Crippen molar-refractivity contribution in [3.05, 3.63) is 16.7 Å². The number of aromatic amines is 1. The molecule has 0 spiro atoms. The third-order valence-corrected chi connectivity index (χ3v) is 10.1. The first-order valence-corrected chi connectivity index (χ1v) is 17.3. The van der Waals surface area contributed by atoms with Crippen molar-refractivity contribution in [1.82, 2.24) is 19.5 Å². The number of aromatic nitrogens is 4. The summed E-state index contributed by atoms with van der Waals surface area (Å²) in [7, 11) is -14.1. The Bertz CT molecular complexity index is 1370. The summed E-state index contributed by atoms with van der Waals surface area (Å²) in [6, 6.07) is 0. The second-order valence-corrected chi connectivity index (χ2v) is 14.4. The van der Waals surface area contributed by atoms with Crippen molar-refractivity contribution in [2.45, 2.75) is 31.3 Å². The van der Waals surface area contributed by atoms with Gasteiger partial charge in [-0.05, 0) is 6.26 Å². The van der Waals surface area contributed by atoms with Gasteiger partial charge in [-0.25, -0.2) is 18.4 Å². The van der Waals surface area contributed by atoms with Gasteiger partial charge in [0.1, 0.15) is 12.3 Å². The highest BCUT2D eigenvalue weighted by molar-refractivity contribution is 8.76. The third kappa shape index (κ3) is 8.94. The number of carbonyl (C=O) groups is 1. The van der Waals surface area contributed by atoms with Crippen LogP contribution >= 0.6 is 45.1 Å². The van der Waals surface area contributed by atoms with Crippen molar-refractivity contribution >= 4 is 68.1 Å². The molecule has 1 aliphatic heterocycles. The molecule has 2 aromatic heterocycles. The van der Waals surface area contributed by atoms with Gasteiger partial charge in [-0.1, -0.05) is 21.6 Å². The Morgan fingerprint density at radius 3 is 2.71 bits per heavy atom. The zero-order valence-corrected chi connectivity index (χ0v) is 23.3. The molecule has 214 valence electrons. The van der Waals surface area contributed by atoms with Crippen LogP contribution in [0.5, 0.6) is 0 Å². The molecule has 0 bridgehead atoms. The standard InChI is InChI=1S/C14H22N5O14P3S2/c1-37-38-3-2-9(21)16-14-17-12-11(13(22)18-14)15-6-19(12)10-4-7(20)8(31-10)5-30-35(26,27)33-36(28,29)32-34(23,24)25/h6-8,10,20H,2-5H2,1H3,(H,26,27)(H,28,29)(H2,23,24,25)(H2,16,17,18,21,22)/p-1/t7-,8-,10-/m1/s1. The number of hydrogen-bond donors (Lipinski definition) is 6. The number of phosphoric ester groups is 1. The summed E-state index contributed by atoms with van der Waals surface area (Å²) in [4.78, 5) is 73.0. The fourth-order valence-electron chi connectivity index (χ4n) is 3.11. The van der Waals surface area contributed by atoms with Gasteiger partial charge >= 0.3 is 15.6 Å². The summed E-state index contributed by atoms with van der Waals surface area (Å²) < 4.78 is 52.2. The smallest absolute Gasteiger partial charge is 0.487 e. The number of aliphatic hydroxyl groups excluding tert-OH is 1. The molecule has 3 rings (SSSR count). The van der Waals surface area contributed by atoms with E-state index >= 15 is 0 Å². The Balaban J connectivity index is 1.68. The van der Waals surface area contributed by atoms with Crippen LogP contribution in [0.15, 0.2) is 11.1 Å². The molecule has 2 aromatic rings. The molecule has 38 heavy (non-hydrogen) atoms. The van der Waals surface area contributed by atoms with E-state index in [9.17, 15) is 33.3 Å². The maximum absolute atomic E-state index is 12.4. The molecule has 24 heteroatoms. The molecule has 1 aliphatic rings. The van der Waals surface area contributed by atoms with Gasteiger partial charge in [0.15, 0.2) is 11.2 Å². The summed E-state index contributed by atoms with van der Waals surface area (Å²) in [6.07, 6.45) is -0.688. The molecular weight excluding hydrogens is 619 g/mol. The lowest BCUT2D eigenvalue weighted by Crippen LogP contribution is -2.27.